The minimum Gasteiger partial charge on any atom is -0.481 e. The Kier molecular flexibility index (Phi) is 10.0. The maximum absolute atomic E-state index is 11.8. The predicted molar refractivity (Wildman–Crippen MR) is 114 cm³/mol. The van der Waals surface area contributed by atoms with Crippen LogP contribution in [0, 0.1) is 5.92 Å². The topological polar surface area (TPSA) is 172 Å². The number of aliphatic hydroxyl groups excluding tert-OH is 3. The van der Waals surface area contributed by atoms with Gasteiger partial charge in [0, 0.05) is 19.3 Å². The number of aliphatic hydroxyl groups is 4. The molecule has 7 N–H and O–H groups in total. The highest BCUT2D eigenvalue weighted by molar-refractivity contribution is 5.70. The molecule has 2 rings (SSSR count). The third kappa shape index (κ3) is 6.94. The summed E-state index contributed by atoms with van der Waals surface area (Å²) < 4.78 is 17.4. The first-order chi connectivity index (χ1) is 15.0. The van der Waals surface area contributed by atoms with Crippen LogP contribution in [0.2, 0.25) is 0 Å². The quantitative estimate of drug-likeness (QED) is 0.248. The Hall–Kier alpha value is -1.11. The van der Waals surface area contributed by atoms with Crippen LogP contribution in [0.15, 0.2) is 12.2 Å². The van der Waals surface area contributed by atoms with Gasteiger partial charge in [0.25, 0.3) is 0 Å². The molecule has 186 valence electrons. The van der Waals surface area contributed by atoms with Crippen LogP contribution in [0.3, 0.4) is 0 Å². The summed E-state index contributed by atoms with van der Waals surface area (Å²) in [6, 6.07) is -0.960. The van der Waals surface area contributed by atoms with Crippen molar-refractivity contribution in [3.05, 3.63) is 12.2 Å². The van der Waals surface area contributed by atoms with Crippen molar-refractivity contribution >= 4 is 5.97 Å². The van der Waals surface area contributed by atoms with E-state index >= 15 is 0 Å². The van der Waals surface area contributed by atoms with Gasteiger partial charge in [0.1, 0.15) is 6.10 Å². The van der Waals surface area contributed by atoms with Gasteiger partial charge in [-0.05, 0) is 26.2 Å². The number of nitrogens with two attached hydrogens (primary N) is 1. The fourth-order valence-electron chi connectivity index (χ4n) is 4.20. The van der Waals surface area contributed by atoms with Gasteiger partial charge in [0.05, 0.1) is 42.5 Å². The van der Waals surface area contributed by atoms with Crippen molar-refractivity contribution in [3.8, 4) is 0 Å². The van der Waals surface area contributed by atoms with E-state index in [9.17, 15) is 30.3 Å². The molecule has 32 heavy (non-hydrogen) atoms. The summed E-state index contributed by atoms with van der Waals surface area (Å²) >= 11 is 0. The molecule has 10 nitrogen and oxygen atoms in total. The normalized spacial score (nSPS) is 40.3. The average Bonchev–Trinajstić information content (AvgIpc) is 2.73. The first-order valence-electron chi connectivity index (χ1n) is 11.4. The summed E-state index contributed by atoms with van der Waals surface area (Å²) in [5.41, 5.74) is 5.88. The van der Waals surface area contributed by atoms with E-state index in [1.807, 2.05) is 13.0 Å². The molecule has 0 spiro atoms. The Bertz CT molecular complexity index is 633. The third-order valence-corrected chi connectivity index (χ3v) is 6.27. The number of allylic oxidation sites excluding steroid dienone is 1. The lowest BCUT2D eigenvalue weighted by atomic mass is 9.85. The van der Waals surface area contributed by atoms with E-state index in [0.29, 0.717) is 12.8 Å². The Morgan fingerprint density at radius 1 is 1.31 bits per heavy atom. The number of carboxylic acid groups (broad SMARTS) is 1. The van der Waals surface area contributed by atoms with Crippen molar-refractivity contribution in [2.75, 3.05) is 0 Å². The van der Waals surface area contributed by atoms with Crippen molar-refractivity contribution in [2.45, 2.75) is 114 Å². The molecule has 10 heteroatoms. The SMILES string of the molecule is CC/C=C/[C@@H](C[C@@H]1O[C@](O)(C[C@@H](O)CC)CC[C@H]1C(=O)O)OC1OC(C)C(O)C(N)C1O. The molecule has 0 aliphatic carbocycles. The average molecular weight is 462 g/mol. The molecule has 2 aliphatic rings. The van der Waals surface area contributed by atoms with Crippen LogP contribution in [0.5, 0.6) is 0 Å². The van der Waals surface area contributed by atoms with Gasteiger partial charge in [-0.2, -0.15) is 0 Å². The van der Waals surface area contributed by atoms with Crippen molar-refractivity contribution in [1.29, 1.82) is 0 Å². The molecule has 0 aromatic rings. The summed E-state index contributed by atoms with van der Waals surface area (Å²) in [7, 11) is 0. The first kappa shape index (κ1) is 27.1. The summed E-state index contributed by atoms with van der Waals surface area (Å²) in [5.74, 6) is -3.54. The molecule has 0 saturated carbocycles. The molecule has 10 atom stereocenters. The predicted octanol–water partition coefficient (Wildman–Crippen LogP) is 0.251. The van der Waals surface area contributed by atoms with Crippen molar-refractivity contribution in [1.82, 2.24) is 0 Å². The van der Waals surface area contributed by atoms with Gasteiger partial charge in [-0.15, -0.1) is 0 Å². The molecule has 2 heterocycles. The summed E-state index contributed by atoms with van der Waals surface area (Å²) in [5, 5.41) is 50.9. The summed E-state index contributed by atoms with van der Waals surface area (Å²) in [6.07, 6.45) is -1.42. The van der Waals surface area contributed by atoms with Gasteiger partial charge in [0.15, 0.2) is 12.1 Å². The first-order valence-corrected chi connectivity index (χ1v) is 11.4. The Balaban J connectivity index is 2.18. The second-order valence-electron chi connectivity index (χ2n) is 8.87. The zero-order valence-electron chi connectivity index (χ0n) is 19.0. The third-order valence-electron chi connectivity index (χ3n) is 6.27. The van der Waals surface area contributed by atoms with E-state index < -0.39 is 66.6 Å². The maximum Gasteiger partial charge on any atom is 0.309 e. The molecular weight excluding hydrogens is 422 g/mol. The number of hydrogen-bond donors (Lipinski definition) is 6. The number of ether oxygens (including phenoxy) is 3. The minimum absolute atomic E-state index is 0.0165. The van der Waals surface area contributed by atoms with Crippen LogP contribution >= 0.6 is 0 Å². The molecule has 0 radical (unpaired) electrons. The van der Waals surface area contributed by atoms with E-state index in [4.69, 9.17) is 19.9 Å². The summed E-state index contributed by atoms with van der Waals surface area (Å²) in [4.78, 5) is 11.8. The second-order valence-corrected chi connectivity index (χ2v) is 8.87. The molecular formula is C22H39NO9. The highest BCUT2D eigenvalue weighted by atomic mass is 16.7. The van der Waals surface area contributed by atoms with Gasteiger partial charge in [0.2, 0.25) is 0 Å². The maximum atomic E-state index is 11.8. The van der Waals surface area contributed by atoms with E-state index in [1.54, 1.807) is 19.9 Å². The fraction of sp³-hybridized carbons (Fsp3) is 0.864. The number of hydrogen-bond acceptors (Lipinski definition) is 9. The van der Waals surface area contributed by atoms with E-state index in [2.05, 4.69) is 0 Å². The monoisotopic (exact) mass is 461 g/mol. The van der Waals surface area contributed by atoms with Gasteiger partial charge in [-0.3, -0.25) is 4.79 Å². The standard InChI is InChI=1S/C22H39NO9/c1-4-6-7-14(31-21-19(26)17(23)18(25)12(3)30-21)10-16-15(20(27)28)8-9-22(29,32-16)11-13(24)5-2/h6-7,12-19,21,24-26,29H,4-5,8-11,23H2,1-3H3,(H,27,28)/b7-6+/t12?,13-,14-,15+,16-,17?,18?,19?,21?,22-/m0/s1. The molecule has 2 aliphatic heterocycles. The molecule has 0 amide bonds. The van der Waals surface area contributed by atoms with Gasteiger partial charge in [-0.1, -0.05) is 26.0 Å². The van der Waals surface area contributed by atoms with Crippen LogP contribution in [-0.4, -0.2) is 86.2 Å². The molecule has 0 bridgehead atoms. The molecule has 0 aromatic heterocycles. The minimum atomic E-state index is -1.63. The Morgan fingerprint density at radius 3 is 2.59 bits per heavy atom. The molecule has 5 unspecified atom stereocenters. The molecule has 2 saturated heterocycles. The van der Waals surface area contributed by atoms with E-state index in [0.717, 1.165) is 0 Å². The van der Waals surface area contributed by atoms with Crippen molar-refractivity contribution < 1.29 is 44.5 Å². The highest BCUT2D eigenvalue weighted by Gasteiger charge is 2.46. The van der Waals surface area contributed by atoms with Crippen LogP contribution < -0.4 is 5.73 Å². The van der Waals surface area contributed by atoms with Gasteiger partial charge in [-0.25, -0.2) is 0 Å². The van der Waals surface area contributed by atoms with Crippen LogP contribution in [0.25, 0.3) is 0 Å². The highest BCUT2D eigenvalue weighted by Crippen LogP contribution is 2.37. The van der Waals surface area contributed by atoms with Gasteiger partial charge >= 0.3 is 5.97 Å². The summed E-state index contributed by atoms with van der Waals surface area (Å²) in [6.45, 7) is 5.33. The number of carbonyl (C=O) groups is 1. The van der Waals surface area contributed by atoms with Crippen molar-refractivity contribution in [2.24, 2.45) is 11.7 Å². The smallest absolute Gasteiger partial charge is 0.309 e. The van der Waals surface area contributed by atoms with E-state index in [-0.39, 0.29) is 25.7 Å². The molecule has 2 fully saturated rings. The fourth-order valence-corrected chi connectivity index (χ4v) is 4.20. The zero-order chi connectivity index (χ0) is 24.1. The second kappa shape index (κ2) is 11.8. The Morgan fingerprint density at radius 2 is 2.00 bits per heavy atom. The lowest BCUT2D eigenvalue weighted by Crippen LogP contribution is -2.61. The van der Waals surface area contributed by atoms with E-state index in [1.165, 1.54) is 0 Å². The van der Waals surface area contributed by atoms with Crippen LogP contribution in [-0.2, 0) is 19.0 Å². The largest absolute Gasteiger partial charge is 0.481 e. The number of aliphatic carboxylic acids is 1. The number of carboxylic acids is 1. The van der Waals surface area contributed by atoms with Crippen LogP contribution in [0.4, 0.5) is 0 Å². The zero-order valence-corrected chi connectivity index (χ0v) is 19.0. The Labute approximate surface area is 189 Å². The lowest BCUT2D eigenvalue weighted by Gasteiger charge is -2.43. The van der Waals surface area contributed by atoms with Crippen LogP contribution in [0.1, 0.15) is 59.3 Å². The molecule has 0 aromatic carbocycles. The lowest BCUT2D eigenvalue weighted by molar-refractivity contribution is -0.295. The van der Waals surface area contributed by atoms with Crippen molar-refractivity contribution in [3.63, 3.8) is 0 Å². The van der Waals surface area contributed by atoms with Gasteiger partial charge < -0.3 is 45.5 Å². The number of rotatable bonds is 10.